The molecule has 8 rings (SSSR count). The van der Waals surface area contributed by atoms with Gasteiger partial charge < -0.3 is 15.1 Å². The molecule has 7 heteroatoms. The van der Waals surface area contributed by atoms with E-state index < -0.39 is 0 Å². The van der Waals surface area contributed by atoms with Gasteiger partial charge in [-0.15, -0.1) is 0 Å². The lowest BCUT2D eigenvalue weighted by atomic mass is 9.64. The lowest BCUT2D eigenvalue weighted by Gasteiger charge is -2.47. The minimum atomic E-state index is -0.183. The molecule has 1 N–H and O–H groups in total. The number of ketones is 1. The van der Waals surface area contributed by atoms with Crippen LogP contribution < -0.4 is 5.32 Å². The van der Waals surface area contributed by atoms with E-state index in [0.29, 0.717) is 27.9 Å². The summed E-state index contributed by atoms with van der Waals surface area (Å²) in [5, 5.41) is 3.58. The molecule has 2 atom stereocenters. The first-order valence-electron chi connectivity index (χ1n) is 16.6. The molecule has 1 saturated carbocycles. The number of carbonyl (C=O) groups excluding carboxylic acids is 3. The maximum Gasteiger partial charge on any atom is 0.253 e. The summed E-state index contributed by atoms with van der Waals surface area (Å²) in [6.45, 7) is 5.16. The third-order valence-corrected chi connectivity index (χ3v) is 12.1. The van der Waals surface area contributed by atoms with E-state index >= 15 is 0 Å². The maximum absolute atomic E-state index is 13.6. The number of piperidine rings is 4. The van der Waals surface area contributed by atoms with Gasteiger partial charge >= 0.3 is 0 Å². The van der Waals surface area contributed by atoms with Crippen LogP contribution in [0.25, 0.3) is 0 Å². The summed E-state index contributed by atoms with van der Waals surface area (Å²) in [7, 11) is 0. The molecule has 0 unspecified atom stereocenters. The number of amides is 2. The van der Waals surface area contributed by atoms with Crippen LogP contribution in [0.2, 0.25) is 5.02 Å². The molecule has 2 aromatic carbocycles. The van der Waals surface area contributed by atoms with Gasteiger partial charge in [0.15, 0.2) is 0 Å². The van der Waals surface area contributed by atoms with E-state index in [1.807, 2.05) is 29.2 Å². The summed E-state index contributed by atoms with van der Waals surface area (Å²) in [5.74, 6) is 2.04. The molecule has 4 aliphatic heterocycles. The van der Waals surface area contributed by atoms with Gasteiger partial charge in [0.25, 0.3) is 11.8 Å². The summed E-state index contributed by atoms with van der Waals surface area (Å²) in [5.41, 5.74) is 3.70. The third-order valence-electron chi connectivity index (χ3n) is 11.8. The van der Waals surface area contributed by atoms with Crippen LogP contribution in [-0.4, -0.2) is 60.1 Å². The first-order chi connectivity index (χ1) is 20.9. The predicted octanol–water partition coefficient (Wildman–Crippen LogP) is 6.47. The van der Waals surface area contributed by atoms with E-state index in [0.717, 1.165) is 88.9 Å². The standard InChI is InChI=1S/C36H44ClN3O3/c37-31-4-2-1-3-29(31)34(42)38-32-8-7-25-5-6-27(21-30(25)32)35(43)40-19-15-36(16-20-40)13-9-26(10-14-36)33(41)22-28-23-39-17-11-24(28)12-18-39/h1-6,21,24,26,28,32H,7-20,22-23H2,(H,38,42)/t28-,32-/m1/s1. The maximum atomic E-state index is 13.6. The van der Waals surface area contributed by atoms with Gasteiger partial charge in [0.1, 0.15) is 5.78 Å². The lowest BCUT2D eigenvalue weighted by Crippen LogP contribution is -2.48. The molecule has 2 aliphatic carbocycles. The third kappa shape index (κ3) is 5.90. The van der Waals surface area contributed by atoms with E-state index in [1.165, 1.54) is 31.5 Å². The van der Waals surface area contributed by atoms with Crippen LogP contribution in [0.1, 0.15) is 102 Å². The van der Waals surface area contributed by atoms with Gasteiger partial charge in [-0.3, -0.25) is 14.4 Å². The molecular weight excluding hydrogens is 558 g/mol. The first kappa shape index (κ1) is 29.0. The largest absolute Gasteiger partial charge is 0.345 e. The number of rotatable bonds is 6. The first-order valence-corrected chi connectivity index (χ1v) is 17.0. The number of halogens is 1. The zero-order valence-electron chi connectivity index (χ0n) is 25.2. The number of nitrogens with one attached hydrogen (secondary N) is 1. The lowest BCUT2D eigenvalue weighted by molar-refractivity contribution is -0.127. The van der Waals surface area contributed by atoms with E-state index in [1.54, 1.807) is 12.1 Å². The fourth-order valence-electron chi connectivity index (χ4n) is 8.93. The van der Waals surface area contributed by atoms with Crippen LogP contribution in [0.4, 0.5) is 0 Å². The van der Waals surface area contributed by atoms with Crippen LogP contribution in [0, 0.1) is 23.2 Å². The number of likely N-dealkylation sites (tertiary alicyclic amines) is 1. The number of hydrogen-bond acceptors (Lipinski definition) is 4. The number of Topliss-reactive ketones (excluding diaryl/α,β-unsaturated/α-hetero) is 1. The molecule has 0 aromatic heterocycles. The summed E-state index contributed by atoms with van der Waals surface area (Å²) in [6, 6.07) is 13.0. The molecule has 2 bridgehead atoms. The van der Waals surface area contributed by atoms with Crippen molar-refractivity contribution in [2.24, 2.45) is 23.2 Å². The molecule has 43 heavy (non-hydrogen) atoms. The van der Waals surface area contributed by atoms with Crippen molar-refractivity contribution in [3.8, 4) is 0 Å². The average Bonchev–Trinajstić information content (AvgIpc) is 3.44. The van der Waals surface area contributed by atoms with Gasteiger partial charge in [-0.05, 0) is 130 Å². The van der Waals surface area contributed by atoms with E-state index in [9.17, 15) is 14.4 Å². The Morgan fingerprint density at radius 2 is 1.63 bits per heavy atom. The summed E-state index contributed by atoms with van der Waals surface area (Å²) < 4.78 is 0. The van der Waals surface area contributed by atoms with Crippen LogP contribution in [-0.2, 0) is 11.2 Å². The Bertz CT molecular complexity index is 1380. The fraction of sp³-hybridized carbons (Fsp3) is 0.583. The number of fused-ring (bicyclic) bond motifs is 4. The smallest absolute Gasteiger partial charge is 0.253 e. The normalized spacial score (nSPS) is 28.1. The summed E-state index contributed by atoms with van der Waals surface area (Å²) >= 11 is 6.25. The molecular formula is C36H44ClN3O3. The highest BCUT2D eigenvalue weighted by atomic mass is 35.5. The second kappa shape index (κ2) is 12.0. The molecule has 2 amide bonds. The monoisotopic (exact) mass is 601 g/mol. The zero-order chi connectivity index (χ0) is 29.6. The van der Waals surface area contributed by atoms with Crippen LogP contribution in [0.3, 0.4) is 0 Å². The van der Waals surface area contributed by atoms with Gasteiger partial charge in [-0.2, -0.15) is 0 Å². The Hall–Kier alpha value is -2.70. The molecule has 6 nitrogen and oxygen atoms in total. The molecule has 228 valence electrons. The molecule has 0 radical (unpaired) electrons. The highest BCUT2D eigenvalue weighted by Crippen LogP contribution is 2.47. The number of aryl methyl sites for hydroxylation is 1. The van der Waals surface area contributed by atoms with E-state index in [4.69, 9.17) is 11.6 Å². The minimum absolute atomic E-state index is 0.0853. The van der Waals surface area contributed by atoms with Gasteiger partial charge in [0.05, 0.1) is 16.6 Å². The number of carbonyl (C=O) groups is 3. The Kier molecular flexibility index (Phi) is 8.11. The van der Waals surface area contributed by atoms with Crippen molar-refractivity contribution in [3.63, 3.8) is 0 Å². The van der Waals surface area contributed by atoms with Crippen molar-refractivity contribution in [2.45, 2.75) is 76.7 Å². The van der Waals surface area contributed by atoms with Crippen molar-refractivity contribution < 1.29 is 14.4 Å². The van der Waals surface area contributed by atoms with E-state index in [2.05, 4.69) is 16.3 Å². The van der Waals surface area contributed by atoms with Crippen LogP contribution >= 0.6 is 11.6 Å². The highest BCUT2D eigenvalue weighted by Gasteiger charge is 2.42. The number of hydrogen-bond donors (Lipinski definition) is 1. The zero-order valence-corrected chi connectivity index (χ0v) is 25.9. The van der Waals surface area contributed by atoms with Gasteiger partial charge in [0, 0.05) is 37.5 Å². The summed E-state index contributed by atoms with van der Waals surface area (Å²) in [6.07, 6.45) is 11.4. The topological polar surface area (TPSA) is 69.7 Å². The molecule has 4 saturated heterocycles. The Balaban J connectivity index is 0.923. The second-order valence-electron chi connectivity index (χ2n) is 14.1. The summed E-state index contributed by atoms with van der Waals surface area (Å²) in [4.78, 5) is 44.4. The van der Waals surface area contributed by atoms with Crippen molar-refractivity contribution in [3.05, 3.63) is 69.7 Å². The molecule has 2 aromatic rings. The van der Waals surface area contributed by atoms with Crippen molar-refractivity contribution in [1.82, 2.24) is 15.1 Å². The van der Waals surface area contributed by atoms with Crippen LogP contribution in [0.15, 0.2) is 42.5 Å². The van der Waals surface area contributed by atoms with Crippen molar-refractivity contribution in [2.75, 3.05) is 32.7 Å². The molecule has 6 aliphatic rings. The van der Waals surface area contributed by atoms with Crippen molar-refractivity contribution >= 4 is 29.2 Å². The SMILES string of the molecule is O=C(N[C@@H]1CCc2ccc(C(=O)N3CCC4(CCC(C(=O)C[C@@H]5CN6CCC5CC6)CC4)CC3)cc21)c1ccccc1Cl. The van der Waals surface area contributed by atoms with Crippen molar-refractivity contribution in [1.29, 1.82) is 0 Å². The number of nitrogens with zero attached hydrogens (tertiary/aromatic N) is 2. The Morgan fingerprint density at radius 1 is 0.884 bits per heavy atom. The van der Waals surface area contributed by atoms with Gasteiger partial charge in [-0.1, -0.05) is 29.8 Å². The molecule has 1 spiro atoms. The average molecular weight is 602 g/mol. The fourth-order valence-corrected chi connectivity index (χ4v) is 9.15. The van der Waals surface area contributed by atoms with Gasteiger partial charge in [0.2, 0.25) is 0 Å². The molecule has 5 fully saturated rings. The van der Waals surface area contributed by atoms with Crippen LogP contribution in [0.5, 0.6) is 0 Å². The second-order valence-corrected chi connectivity index (χ2v) is 14.5. The van der Waals surface area contributed by atoms with E-state index in [-0.39, 0.29) is 29.2 Å². The number of benzene rings is 2. The predicted molar refractivity (Wildman–Crippen MR) is 168 cm³/mol. The molecule has 4 heterocycles. The minimum Gasteiger partial charge on any atom is -0.345 e. The quantitative estimate of drug-likeness (QED) is 0.412. The Morgan fingerprint density at radius 3 is 2.33 bits per heavy atom. The highest BCUT2D eigenvalue weighted by molar-refractivity contribution is 6.33. The van der Waals surface area contributed by atoms with Gasteiger partial charge in [-0.25, -0.2) is 0 Å². The Labute approximate surface area is 260 Å².